The molecular weight excluding hydrogens is 278 g/mol. The second kappa shape index (κ2) is 6.39. The van der Waals surface area contributed by atoms with E-state index < -0.39 is 11.9 Å². The van der Waals surface area contributed by atoms with Gasteiger partial charge in [0, 0.05) is 18.0 Å². The lowest BCUT2D eigenvalue weighted by Gasteiger charge is -2.42. The topological polar surface area (TPSA) is 60.8 Å². The van der Waals surface area contributed by atoms with E-state index >= 15 is 0 Å². The monoisotopic (exact) mass is 303 g/mol. The fraction of sp³-hybridized carbons (Fsp3) is 0.611. The van der Waals surface area contributed by atoms with Crippen LogP contribution in [0.25, 0.3) is 0 Å². The van der Waals surface area contributed by atoms with Gasteiger partial charge < -0.3 is 15.1 Å². The minimum absolute atomic E-state index is 0.114. The van der Waals surface area contributed by atoms with E-state index in [-0.39, 0.29) is 18.4 Å². The molecule has 22 heavy (non-hydrogen) atoms. The Bertz CT molecular complexity index is 518. The first kappa shape index (κ1) is 15.5. The van der Waals surface area contributed by atoms with E-state index in [4.69, 9.17) is 0 Å². The molecule has 1 aromatic carbocycles. The Morgan fingerprint density at radius 1 is 1.23 bits per heavy atom. The summed E-state index contributed by atoms with van der Waals surface area (Å²) in [6, 6.07) is 10.6. The third-order valence-electron chi connectivity index (χ3n) is 5.83. The number of carboxylic acids is 1. The molecule has 5 unspecified atom stereocenters. The number of aliphatic carboxylic acids is 1. The third-order valence-corrected chi connectivity index (χ3v) is 5.83. The SMILES string of the molecule is CN1C2CCC(C(C(=O)O)C(CO)c3ccccc3)C1CC2. The van der Waals surface area contributed by atoms with Crippen LogP contribution in [0.5, 0.6) is 0 Å². The van der Waals surface area contributed by atoms with Crippen LogP contribution >= 0.6 is 0 Å². The number of carboxylic acid groups (broad SMARTS) is 1. The molecule has 2 heterocycles. The van der Waals surface area contributed by atoms with Crippen molar-refractivity contribution < 1.29 is 15.0 Å². The standard InChI is InChI=1S/C18H25NO3/c1-19-13-7-9-14(16(19)10-8-13)17(18(21)22)15(11-20)12-5-3-2-4-6-12/h2-6,13-17,20H,7-11H2,1H3,(H,21,22). The Morgan fingerprint density at radius 2 is 1.91 bits per heavy atom. The lowest BCUT2D eigenvalue weighted by molar-refractivity contribution is -0.147. The maximum Gasteiger partial charge on any atom is 0.307 e. The van der Waals surface area contributed by atoms with E-state index in [9.17, 15) is 15.0 Å². The number of benzene rings is 1. The first-order valence-corrected chi connectivity index (χ1v) is 8.24. The number of rotatable bonds is 5. The molecule has 3 rings (SSSR count). The Labute approximate surface area is 131 Å². The van der Waals surface area contributed by atoms with Gasteiger partial charge in [-0.05, 0) is 44.2 Å². The van der Waals surface area contributed by atoms with Gasteiger partial charge in [0.05, 0.1) is 12.5 Å². The van der Waals surface area contributed by atoms with Gasteiger partial charge in [-0.3, -0.25) is 4.79 Å². The highest BCUT2D eigenvalue weighted by Crippen LogP contribution is 2.45. The molecule has 2 aliphatic rings. The number of hydrogen-bond acceptors (Lipinski definition) is 3. The van der Waals surface area contributed by atoms with Gasteiger partial charge in [0.15, 0.2) is 0 Å². The number of piperidine rings is 1. The van der Waals surface area contributed by atoms with E-state index in [2.05, 4.69) is 11.9 Å². The van der Waals surface area contributed by atoms with Crippen molar-refractivity contribution in [3.05, 3.63) is 35.9 Å². The predicted molar refractivity (Wildman–Crippen MR) is 84.7 cm³/mol. The van der Waals surface area contributed by atoms with Crippen molar-refractivity contribution in [3.8, 4) is 0 Å². The Hall–Kier alpha value is -1.39. The second-order valence-corrected chi connectivity index (χ2v) is 6.77. The molecule has 5 atom stereocenters. The molecule has 0 aromatic heterocycles. The molecule has 2 bridgehead atoms. The highest BCUT2D eigenvalue weighted by Gasteiger charge is 2.47. The van der Waals surface area contributed by atoms with E-state index in [1.165, 1.54) is 6.42 Å². The van der Waals surface area contributed by atoms with Crippen molar-refractivity contribution in [2.24, 2.45) is 11.8 Å². The van der Waals surface area contributed by atoms with Crippen molar-refractivity contribution in [1.82, 2.24) is 4.90 Å². The molecule has 1 aromatic rings. The third kappa shape index (κ3) is 2.66. The zero-order valence-corrected chi connectivity index (χ0v) is 13.1. The minimum Gasteiger partial charge on any atom is -0.481 e. The molecule has 2 aliphatic heterocycles. The van der Waals surface area contributed by atoms with Gasteiger partial charge in [0.1, 0.15) is 0 Å². The second-order valence-electron chi connectivity index (χ2n) is 6.77. The van der Waals surface area contributed by atoms with Crippen LogP contribution in [0.2, 0.25) is 0 Å². The molecule has 0 spiro atoms. The summed E-state index contributed by atoms with van der Waals surface area (Å²) >= 11 is 0. The summed E-state index contributed by atoms with van der Waals surface area (Å²) in [5.74, 6) is -1.49. The zero-order chi connectivity index (χ0) is 15.7. The summed E-state index contributed by atoms with van der Waals surface area (Å²) in [6.07, 6.45) is 4.30. The highest BCUT2D eigenvalue weighted by molar-refractivity contribution is 5.72. The highest BCUT2D eigenvalue weighted by atomic mass is 16.4. The largest absolute Gasteiger partial charge is 0.481 e. The van der Waals surface area contributed by atoms with Crippen molar-refractivity contribution in [3.63, 3.8) is 0 Å². The molecule has 2 fully saturated rings. The molecule has 0 radical (unpaired) electrons. The predicted octanol–water partition coefficient (Wildman–Crippen LogP) is 2.34. The first-order chi connectivity index (χ1) is 10.6. The average Bonchev–Trinajstić information content (AvgIpc) is 2.75. The summed E-state index contributed by atoms with van der Waals surface area (Å²) in [4.78, 5) is 14.4. The number of aliphatic hydroxyl groups is 1. The van der Waals surface area contributed by atoms with Crippen molar-refractivity contribution in [2.45, 2.75) is 43.7 Å². The number of fused-ring (bicyclic) bond motifs is 2. The lowest BCUT2D eigenvalue weighted by atomic mass is 9.72. The van der Waals surface area contributed by atoms with Gasteiger partial charge in [-0.1, -0.05) is 30.3 Å². The fourth-order valence-corrected chi connectivity index (χ4v) is 4.68. The van der Waals surface area contributed by atoms with Gasteiger partial charge in [-0.25, -0.2) is 0 Å². The summed E-state index contributed by atoms with van der Waals surface area (Å²) in [5.41, 5.74) is 0.931. The van der Waals surface area contributed by atoms with Gasteiger partial charge in [0.25, 0.3) is 0 Å². The van der Waals surface area contributed by atoms with Crippen LogP contribution in [-0.4, -0.2) is 46.8 Å². The van der Waals surface area contributed by atoms with E-state index in [1.54, 1.807) is 0 Å². The molecule has 2 saturated heterocycles. The maximum atomic E-state index is 12.0. The van der Waals surface area contributed by atoms with Gasteiger partial charge in [-0.2, -0.15) is 0 Å². The fourth-order valence-electron chi connectivity index (χ4n) is 4.68. The van der Waals surface area contributed by atoms with Gasteiger partial charge in [-0.15, -0.1) is 0 Å². The molecule has 4 heteroatoms. The van der Waals surface area contributed by atoms with Crippen LogP contribution in [0.15, 0.2) is 30.3 Å². The van der Waals surface area contributed by atoms with E-state index in [0.717, 1.165) is 24.8 Å². The quantitative estimate of drug-likeness (QED) is 0.876. The van der Waals surface area contributed by atoms with Gasteiger partial charge in [0.2, 0.25) is 0 Å². The van der Waals surface area contributed by atoms with Crippen molar-refractivity contribution in [2.75, 3.05) is 13.7 Å². The zero-order valence-electron chi connectivity index (χ0n) is 13.1. The molecular formula is C18H25NO3. The van der Waals surface area contributed by atoms with E-state index in [1.807, 2.05) is 30.3 Å². The first-order valence-electron chi connectivity index (χ1n) is 8.24. The molecule has 4 nitrogen and oxygen atoms in total. The van der Waals surface area contributed by atoms with Crippen molar-refractivity contribution >= 4 is 5.97 Å². The lowest BCUT2D eigenvalue weighted by Crippen LogP contribution is -2.48. The summed E-state index contributed by atoms with van der Waals surface area (Å²) in [7, 11) is 2.13. The number of nitrogens with zero attached hydrogens (tertiary/aromatic N) is 1. The Morgan fingerprint density at radius 3 is 2.55 bits per heavy atom. The molecule has 0 saturated carbocycles. The van der Waals surface area contributed by atoms with Crippen molar-refractivity contribution in [1.29, 1.82) is 0 Å². The van der Waals surface area contributed by atoms with Crippen LogP contribution in [-0.2, 0) is 4.79 Å². The van der Waals surface area contributed by atoms with Crippen LogP contribution in [0.4, 0.5) is 0 Å². The van der Waals surface area contributed by atoms with Crippen LogP contribution in [0, 0.1) is 11.8 Å². The maximum absolute atomic E-state index is 12.0. The summed E-state index contributed by atoms with van der Waals surface area (Å²) in [6.45, 7) is -0.114. The summed E-state index contributed by atoms with van der Waals surface area (Å²) in [5, 5.41) is 19.8. The summed E-state index contributed by atoms with van der Waals surface area (Å²) < 4.78 is 0. The molecule has 0 aliphatic carbocycles. The van der Waals surface area contributed by atoms with Crippen LogP contribution in [0.3, 0.4) is 0 Å². The number of aliphatic hydroxyl groups excluding tert-OH is 1. The normalized spacial score (nSPS) is 30.9. The Balaban J connectivity index is 1.90. The minimum atomic E-state index is -0.772. The van der Waals surface area contributed by atoms with Gasteiger partial charge >= 0.3 is 5.97 Å². The van der Waals surface area contributed by atoms with E-state index in [0.29, 0.717) is 12.1 Å². The molecule has 0 amide bonds. The average molecular weight is 303 g/mol. The number of carbonyl (C=O) groups is 1. The molecule has 2 N–H and O–H groups in total. The van der Waals surface area contributed by atoms with Crippen LogP contribution < -0.4 is 0 Å². The number of hydrogen-bond donors (Lipinski definition) is 2. The van der Waals surface area contributed by atoms with Crippen LogP contribution in [0.1, 0.15) is 37.2 Å². The molecule has 120 valence electrons. The smallest absolute Gasteiger partial charge is 0.307 e. The Kier molecular flexibility index (Phi) is 4.50.